The number of nitrogens with zero attached hydrogens (tertiary/aromatic N) is 1. The minimum absolute atomic E-state index is 0.0498. The number of hydrogen-bond acceptors (Lipinski definition) is 2. The fourth-order valence-corrected chi connectivity index (χ4v) is 6.75. The fourth-order valence-electron chi connectivity index (χ4n) is 6.75. The molecule has 6 atom stereocenters. The van der Waals surface area contributed by atoms with Gasteiger partial charge in [-0.3, -0.25) is 4.79 Å². The van der Waals surface area contributed by atoms with Gasteiger partial charge in [0, 0.05) is 29.4 Å². The molecule has 1 amide bonds. The van der Waals surface area contributed by atoms with Gasteiger partial charge in [-0.25, -0.2) is 0 Å². The first-order valence-electron chi connectivity index (χ1n) is 11.5. The Morgan fingerprint density at radius 2 is 1.63 bits per heavy atom. The molecule has 3 heteroatoms. The van der Waals surface area contributed by atoms with Crippen molar-refractivity contribution in [2.45, 2.75) is 49.8 Å². The van der Waals surface area contributed by atoms with E-state index in [1.165, 1.54) is 5.56 Å². The number of hydrogen-bond donors (Lipinski definition) is 0. The van der Waals surface area contributed by atoms with Crippen molar-refractivity contribution in [3.63, 3.8) is 0 Å². The van der Waals surface area contributed by atoms with Crippen LogP contribution in [-0.4, -0.2) is 23.5 Å². The number of amides is 1. The number of carbonyl (C=O) groups excluding carboxylic acids is 1. The Bertz CT molecular complexity index is 955. The summed E-state index contributed by atoms with van der Waals surface area (Å²) < 4.78 is 6.80. The summed E-state index contributed by atoms with van der Waals surface area (Å²) in [5.41, 5.74) is 1.95. The van der Waals surface area contributed by atoms with E-state index in [0.29, 0.717) is 17.7 Å². The summed E-state index contributed by atoms with van der Waals surface area (Å²) in [6, 6.07) is 21.6. The maximum atomic E-state index is 14.0. The van der Waals surface area contributed by atoms with E-state index in [0.717, 1.165) is 44.3 Å². The summed E-state index contributed by atoms with van der Waals surface area (Å²) in [4.78, 5) is 16.2. The zero-order valence-electron chi connectivity index (χ0n) is 17.3. The molecule has 0 spiro atoms. The number of fused-ring (bicyclic) bond motifs is 5. The molecule has 6 rings (SSSR count). The molecule has 2 aromatic carbocycles. The summed E-state index contributed by atoms with van der Waals surface area (Å²) in [5.74, 6) is 1.50. The van der Waals surface area contributed by atoms with E-state index in [2.05, 4.69) is 77.7 Å². The van der Waals surface area contributed by atoms with Gasteiger partial charge in [0.25, 0.3) is 0 Å². The van der Waals surface area contributed by atoms with E-state index in [4.69, 9.17) is 4.74 Å². The highest BCUT2D eigenvalue weighted by molar-refractivity contribution is 5.84. The lowest BCUT2D eigenvalue weighted by atomic mass is 9.68. The molecule has 0 bridgehead atoms. The zero-order valence-corrected chi connectivity index (χ0v) is 17.3. The van der Waals surface area contributed by atoms with Crippen LogP contribution < -0.4 is 0 Å². The zero-order chi connectivity index (χ0) is 20.1. The van der Waals surface area contributed by atoms with Gasteiger partial charge in [0.15, 0.2) is 5.72 Å². The standard InChI is InChI=1S/C27H29NO2/c29-26-23-17-20(19-9-3-1-4-10-19)15-16-24(23)27(22-12-5-2-6-13-22)28(26)25-14-8-7-11-21(25)18-30-27/h1-10,12-13,20-21,23-25H,11,14-18H2/t20-,21-,23+,24+,25-,27-/m0/s1. The monoisotopic (exact) mass is 399 g/mol. The highest BCUT2D eigenvalue weighted by Crippen LogP contribution is 2.59. The molecule has 0 aromatic heterocycles. The third-order valence-corrected chi connectivity index (χ3v) is 8.10. The predicted molar refractivity (Wildman–Crippen MR) is 117 cm³/mol. The third-order valence-electron chi connectivity index (χ3n) is 8.10. The van der Waals surface area contributed by atoms with Gasteiger partial charge in [0.05, 0.1) is 6.61 Å². The van der Waals surface area contributed by atoms with Crippen LogP contribution in [0.4, 0.5) is 0 Å². The van der Waals surface area contributed by atoms with Crippen LogP contribution in [0.1, 0.15) is 49.1 Å². The van der Waals surface area contributed by atoms with Gasteiger partial charge in [-0.1, -0.05) is 72.8 Å². The molecule has 0 unspecified atom stereocenters. The molecule has 0 radical (unpaired) electrons. The highest BCUT2D eigenvalue weighted by Gasteiger charge is 2.65. The molecule has 3 fully saturated rings. The van der Waals surface area contributed by atoms with E-state index in [1.54, 1.807) is 0 Å². The molecule has 2 aliphatic carbocycles. The molecular formula is C27H29NO2. The largest absolute Gasteiger partial charge is 0.350 e. The lowest BCUT2D eigenvalue weighted by Crippen LogP contribution is -2.60. The van der Waals surface area contributed by atoms with Crippen LogP contribution >= 0.6 is 0 Å². The van der Waals surface area contributed by atoms with E-state index >= 15 is 0 Å². The van der Waals surface area contributed by atoms with Gasteiger partial charge in [0.2, 0.25) is 5.91 Å². The first-order chi connectivity index (χ1) is 14.8. The van der Waals surface area contributed by atoms with Crippen LogP contribution in [0.3, 0.4) is 0 Å². The molecule has 2 aliphatic heterocycles. The van der Waals surface area contributed by atoms with Crippen LogP contribution in [0.5, 0.6) is 0 Å². The second kappa shape index (κ2) is 7.09. The summed E-state index contributed by atoms with van der Waals surface area (Å²) in [6.45, 7) is 0.749. The van der Waals surface area contributed by atoms with Gasteiger partial charge in [-0.15, -0.1) is 0 Å². The van der Waals surface area contributed by atoms with E-state index in [1.807, 2.05) is 0 Å². The van der Waals surface area contributed by atoms with Crippen molar-refractivity contribution in [1.29, 1.82) is 0 Å². The summed E-state index contributed by atoms with van der Waals surface area (Å²) >= 11 is 0. The summed E-state index contributed by atoms with van der Waals surface area (Å²) in [5, 5.41) is 0. The summed E-state index contributed by atoms with van der Waals surface area (Å²) in [6.07, 6.45) is 9.60. The summed E-state index contributed by atoms with van der Waals surface area (Å²) in [7, 11) is 0. The molecule has 30 heavy (non-hydrogen) atoms. The van der Waals surface area contributed by atoms with E-state index in [-0.39, 0.29) is 17.9 Å². The van der Waals surface area contributed by atoms with Gasteiger partial charge < -0.3 is 9.64 Å². The van der Waals surface area contributed by atoms with Gasteiger partial charge in [-0.2, -0.15) is 0 Å². The molecular weight excluding hydrogens is 370 g/mol. The van der Waals surface area contributed by atoms with Crippen LogP contribution in [-0.2, 0) is 15.3 Å². The second-order valence-corrected chi connectivity index (χ2v) is 9.49. The Hall–Kier alpha value is -2.39. The number of carbonyl (C=O) groups is 1. The van der Waals surface area contributed by atoms with Crippen molar-refractivity contribution in [3.8, 4) is 0 Å². The van der Waals surface area contributed by atoms with Crippen molar-refractivity contribution >= 4 is 5.91 Å². The van der Waals surface area contributed by atoms with Crippen molar-refractivity contribution in [3.05, 3.63) is 83.9 Å². The number of benzene rings is 2. The number of ether oxygens (including phenoxy) is 1. The van der Waals surface area contributed by atoms with Gasteiger partial charge in [0.1, 0.15) is 0 Å². The lowest BCUT2D eigenvalue weighted by molar-refractivity contribution is -0.236. The number of allylic oxidation sites excluding steroid dienone is 1. The van der Waals surface area contributed by atoms with E-state index < -0.39 is 5.72 Å². The van der Waals surface area contributed by atoms with Gasteiger partial charge >= 0.3 is 0 Å². The minimum Gasteiger partial charge on any atom is -0.350 e. The molecule has 2 aromatic rings. The molecule has 0 N–H and O–H groups in total. The molecule has 154 valence electrons. The topological polar surface area (TPSA) is 29.5 Å². The highest BCUT2D eigenvalue weighted by atomic mass is 16.5. The van der Waals surface area contributed by atoms with Crippen LogP contribution in [0.15, 0.2) is 72.8 Å². The second-order valence-electron chi connectivity index (χ2n) is 9.49. The Morgan fingerprint density at radius 1 is 0.900 bits per heavy atom. The Labute approximate surface area is 178 Å². The predicted octanol–water partition coefficient (Wildman–Crippen LogP) is 5.25. The molecule has 4 aliphatic rings. The first-order valence-corrected chi connectivity index (χ1v) is 11.5. The van der Waals surface area contributed by atoms with Crippen LogP contribution in [0.25, 0.3) is 0 Å². The van der Waals surface area contributed by atoms with Gasteiger partial charge in [-0.05, 0) is 43.6 Å². The van der Waals surface area contributed by atoms with Crippen LogP contribution in [0, 0.1) is 17.8 Å². The number of rotatable bonds is 2. The average Bonchev–Trinajstić information content (AvgIpc) is 3.09. The quantitative estimate of drug-likeness (QED) is 0.646. The Kier molecular flexibility index (Phi) is 4.35. The van der Waals surface area contributed by atoms with Crippen molar-refractivity contribution in [1.82, 2.24) is 4.90 Å². The first kappa shape index (κ1) is 18.4. The van der Waals surface area contributed by atoms with Crippen molar-refractivity contribution in [2.75, 3.05) is 6.61 Å². The fraction of sp³-hybridized carbons (Fsp3) is 0.444. The molecule has 1 saturated carbocycles. The smallest absolute Gasteiger partial charge is 0.228 e. The molecule has 2 heterocycles. The normalized spacial score (nSPS) is 37.4. The maximum Gasteiger partial charge on any atom is 0.228 e. The minimum atomic E-state index is -0.586. The Balaban J connectivity index is 1.43. The average molecular weight is 400 g/mol. The molecule has 2 saturated heterocycles. The molecule has 3 nitrogen and oxygen atoms in total. The lowest BCUT2D eigenvalue weighted by Gasteiger charge is -2.53. The SMILES string of the molecule is O=C1[C@@H]2C[C@@H](c3ccccc3)CC[C@H]2[C@]2(c3ccccc3)OC[C@@H]3CC=CC[C@@H]3N12. The van der Waals surface area contributed by atoms with Crippen LogP contribution in [0.2, 0.25) is 0 Å². The van der Waals surface area contributed by atoms with Crippen molar-refractivity contribution in [2.24, 2.45) is 17.8 Å². The van der Waals surface area contributed by atoms with E-state index in [9.17, 15) is 4.79 Å². The Morgan fingerprint density at radius 3 is 2.43 bits per heavy atom. The third kappa shape index (κ3) is 2.58. The van der Waals surface area contributed by atoms with Crippen molar-refractivity contribution < 1.29 is 9.53 Å². The maximum absolute atomic E-state index is 14.0.